The first-order valence-corrected chi connectivity index (χ1v) is 15.2. The number of hydrogen-bond donors (Lipinski definition) is 6. The number of nitrogens with two attached hydrogens (primary N) is 2. The number of phosphoric ester groups is 1. The number of nitrogens with zero attached hydrogens (tertiary/aromatic N) is 3. The lowest BCUT2D eigenvalue weighted by molar-refractivity contribution is -0.250. The molecule has 7 atom stereocenters. The zero-order chi connectivity index (χ0) is 29.2. The van der Waals surface area contributed by atoms with Crippen LogP contribution in [0.25, 0.3) is 11.2 Å². The van der Waals surface area contributed by atoms with Gasteiger partial charge in [0.25, 0.3) is 23.5 Å². The van der Waals surface area contributed by atoms with Gasteiger partial charge in [-0.25, -0.2) is 18.6 Å². The summed E-state index contributed by atoms with van der Waals surface area (Å²) in [5, 5.41) is 13.2. The first-order chi connectivity index (χ1) is 18.0. The molecule has 3 rings (SSSR count). The predicted octanol–water partition coefficient (Wildman–Crippen LogP) is -3.76. The van der Waals surface area contributed by atoms with Gasteiger partial charge in [0.15, 0.2) is 16.8 Å². The topological polar surface area (TPSA) is 335 Å². The predicted molar refractivity (Wildman–Crippen MR) is 122 cm³/mol. The summed E-state index contributed by atoms with van der Waals surface area (Å²) in [5.41, 5.74) is 11.3. The number of aromatic amines is 1. The number of hydrogen-bond acceptors (Lipinski definition) is 18. The number of nitrogen functional groups attached to an aromatic ring is 1. The van der Waals surface area contributed by atoms with Crippen molar-refractivity contribution < 1.29 is 65.8 Å². The van der Waals surface area contributed by atoms with Crippen molar-refractivity contribution in [3.8, 4) is 0 Å². The van der Waals surface area contributed by atoms with Crippen LogP contribution in [0.2, 0.25) is 0 Å². The average molecular weight is 636 g/mol. The van der Waals surface area contributed by atoms with Gasteiger partial charge in [-0.2, -0.15) is 0 Å². The zero-order valence-corrected chi connectivity index (χ0v) is 22.8. The Bertz CT molecular complexity index is 1400. The Labute approximate surface area is 222 Å². The zero-order valence-electron chi connectivity index (χ0n) is 19.3. The van der Waals surface area contributed by atoms with E-state index in [0.29, 0.717) is 0 Å². The van der Waals surface area contributed by atoms with E-state index in [1.54, 1.807) is 0 Å². The Morgan fingerprint density at radius 3 is 2.62 bits per heavy atom. The van der Waals surface area contributed by atoms with Crippen molar-refractivity contribution in [3.63, 3.8) is 0 Å². The van der Waals surface area contributed by atoms with Gasteiger partial charge in [0.2, 0.25) is 5.91 Å². The van der Waals surface area contributed by atoms with Crippen molar-refractivity contribution in [2.45, 2.75) is 24.5 Å². The van der Waals surface area contributed by atoms with Crippen LogP contribution in [0, 0.1) is 4.64 Å². The Kier molecular flexibility index (Phi) is 10.1. The van der Waals surface area contributed by atoms with Gasteiger partial charge in [0, 0.05) is 13.1 Å². The number of rotatable bonds is 13. The first-order valence-electron chi connectivity index (χ1n) is 10.4. The summed E-state index contributed by atoms with van der Waals surface area (Å²) in [6, 6.07) is 0. The molecule has 25 heteroatoms. The summed E-state index contributed by atoms with van der Waals surface area (Å²) < 4.78 is 57.5. The van der Waals surface area contributed by atoms with Crippen LogP contribution in [0.4, 0.5) is 5.95 Å². The maximum Gasteiger partial charge on any atom is 0.280 e. The monoisotopic (exact) mass is 636 g/mol. The van der Waals surface area contributed by atoms with Crippen molar-refractivity contribution in [2.24, 2.45) is 5.73 Å². The van der Waals surface area contributed by atoms with E-state index < -0.39 is 67.1 Å². The third kappa shape index (κ3) is 8.64. The van der Waals surface area contributed by atoms with Gasteiger partial charge in [0.05, 0.1) is 12.9 Å². The molecule has 1 saturated heterocycles. The Morgan fingerprint density at radius 2 is 1.97 bits per heavy atom. The van der Waals surface area contributed by atoms with Gasteiger partial charge >= 0.3 is 0 Å². The molecule has 1 aliphatic rings. The molecule has 220 valence electrons. The smallest absolute Gasteiger partial charge is 0.280 e. The third-order valence-corrected chi connectivity index (χ3v) is 8.70. The molecule has 0 aliphatic carbocycles. The molecule has 3 heterocycles. The van der Waals surface area contributed by atoms with Crippen LogP contribution in [-0.4, -0.2) is 80.0 Å². The number of anilines is 1. The van der Waals surface area contributed by atoms with Crippen LogP contribution >= 0.6 is 35.7 Å². The summed E-state index contributed by atoms with van der Waals surface area (Å²) in [6.45, 7) is -1.43. The fraction of sp³-hybridized carbons (Fsp3) is 0.571. The Morgan fingerprint density at radius 1 is 1.28 bits per heavy atom. The van der Waals surface area contributed by atoms with E-state index in [0.717, 1.165) is 0 Å². The lowest BCUT2D eigenvalue weighted by atomic mass is 10.1. The lowest BCUT2D eigenvalue weighted by Crippen LogP contribution is -2.39. The minimum Gasteiger partial charge on any atom is -0.756 e. The Balaban J connectivity index is 1.82. The molecular weight excluding hydrogens is 615 g/mol. The summed E-state index contributed by atoms with van der Waals surface area (Å²) in [4.78, 5) is 65.0. The van der Waals surface area contributed by atoms with E-state index in [9.17, 15) is 38.3 Å². The summed E-state index contributed by atoms with van der Waals surface area (Å²) >= 11 is 5.11. The van der Waals surface area contributed by atoms with Crippen molar-refractivity contribution in [1.29, 1.82) is 0 Å². The van der Waals surface area contributed by atoms with E-state index in [1.165, 1.54) is 10.9 Å². The van der Waals surface area contributed by atoms with Crippen LogP contribution in [0.3, 0.4) is 0 Å². The molecule has 39 heavy (non-hydrogen) atoms. The maximum absolute atomic E-state index is 12.0. The van der Waals surface area contributed by atoms with Crippen LogP contribution in [0.15, 0.2) is 6.33 Å². The van der Waals surface area contributed by atoms with Crippen LogP contribution < -0.4 is 31.5 Å². The lowest BCUT2D eigenvalue weighted by Gasteiger charge is -2.33. The van der Waals surface area contributed by atoms with Gasteiger partial charge in [-0.3, -0.25) is 23.1 Å². The fourth-order valence-corrected chi connectivity index (χ4v) is 6.44. The first kappa shape index (κ1) is 31.8. The second-order valence-corrected chi connectivity index (χ2v) is 12.2. The summed E-state index contributed by atoms with van der Waals surface area (Å²) in [6.07, 6.45) is -4.81. The van der Waals surface area contributed by atoms with Crippen molar-refractivity contribution in [3.05, 3.63) is 11.0 Å². The molecule has 1 aliphatic heterocycles. The molecule has 1 fully saturated rings. The number of aromatic nitrogens is 4. The number of ether oxygens (including phenoxy) is 2. The molecule has 0 spiro atoms. The van der Waals surface area contributed by atoms with E-state index in [4.69, 9.17) is 38.1 Å². The minimum absolute atomic E-state index is 0.0104. The van der Waals surface area contributed by atoms with Crippen LogP contribution in [0.5, 0.6) is 0 Å². The molecule has 21 nitrogen and oxygen atoms in total. The highest BCUT2D eigenvalue weighted by Gasteiger charge is 2.47. The molecule has 4 unspecified atom stereocenters. The molecule has 8 N–H and O–H groups in total. The molecular formula is C14H21N7O14P3S-3. The van der Waals surface area contributed by atoms with Gasteiger partial charge in [0.1, 0.15) is 36.1 Å². The van der Waals surface area contributed by atoms with E-state index >= 15 is 0 Å². The molecule has 0 saturated carbocycles. The third-order valence-electron chi connectivity index (χ3n) is 4.73. The second-order valence-electron chi connectivity index (χ2n) is 7.57. The summed E-state index contributed by atoms with van der Waals surface area (Å²) in [5.74, 6) is -0.719. The Hall–Kier alpha value is -1.71. The molecule has 2 aromatic heterocycles. The number of aliphatic hydroxyl groups excluding tert-OH is 1. The number of H-pyrrole nitrogens is 1. The highest BCUT2D eigenvalue weighted by molar-refractivity contribution is 7.71. The quantitative estimate of drug-likeness (QED) is 0.0907. The van der Waals surface area contributed by atoms with Crippen molar-refractivity contribution >= 4 is 58.7 Å². The molecule has 1 amide bonds. The molecule has 0 aromatic carbocycles. The van der Waals surface area contributed by atoms with E-state index in [-0.39, 0.29) is 34.8 Å². The minimum atomic E-state index is -6.15. The van der Waals surface area contributed by atoms with Gasteiger partial charge in [-0.05, 0) is 0 Å². The fourth-order valence-electron chi connectivity index (χ4n) is 3.29. The van der Waals surface area contributed by atoms with Crippen LogP contribution in [0.1, 0.15) is 6.23 Å². The SMILES string of the molecule is NCCNC(=O)CO[C@H]1C(O)[C@@H](COP(=O)([O-])OP(=O)([O-])OP(=O)([O-])O)O[C@H]1n1cnc2c(=S)nc(N)[nH]c21. The largest absolute Gasteiger partial charge is 0.756 e. The highest BCUT2D eigenvalue weighted by atomic mass is 32.1. The maximum atomic E-state index is 12.0. The molecule has 2 aromatic rings. The number of carbonyl (C=O) groups is 1. The van der Waals surface area contributed by atoms with Crippen molar-refractivity contribution in [1.82, 2.24) is 24.8 Å². The number of aliphatic hydroxyl groups is 1. The second kappa shape index (κ2) is 12.4. The van der Waals surface area contributed by atoms with Gasteiger partial charge in [-0.15, -0.1) is 0 Å². The van der Waals surface area contributed by atoms with Crippen molar-refractivity contribution in [2.75, 3.05) is 32.0 Å². The molecule has 0 bridgehead atoms. The number of carbonyl (C=O) groups excluding carboxylic acids is 1. The number of phosphoric acid groups is 3. The van der Waals surface area contributed by atoms with E-state index in [2.05, 4.69) is 33.4 Å². The van der Waals surface area contributed by atoms with E-state index in [1.807, 2.05) is 0 Å². The van der Waals surface area contributed by atoms with Crippen LogP contribution in [-0.2, 0) is 41.1 Å². The highest BCUT2D eigenvalue weighted by Crippen LogP contribution is 2.61. The number of imidazole rings is 1. The summed E-state index contributed by atoms with van der Waals surface area (Å²) in [7, 11) is -18.0. The average Bonchev–Trinajstić information content (AvgIpc) is 3.33. The standard InChI is InChI=1S/C14H24N7O14P3S/c15-1-2-17-7(22)4-31-10-9(23)6(3-32-37(27,28)35-38(29,30)34-36(24,25)26)33-13(10)21-5-18-8-11(21)19-14(16)20-12(8)39/h5-6,9-10,13,23H,1-4,15H2,(H,17,22)(H,27,28)(H,29,30)(H2,24,25,26)(H3,16,19,20,39)/p-3/t6-,9?,10+,13-/m1/s1. The number of nitrogens with one attached hydrogen (secondary N) is 2. The number of amides is 1. The normalized spacial score (nSPS) is 26.1. The molecule has 0 radical (unpaired) electrons. The van der Waals surface area contributed by atoms with Gasteiger partial charge < -0.3 is 60.4 Å². The van der Waals surface area contributed by atoms with Gasteiger partial charge in [-0.1, -0.05) is 12.2 Å². The number of fused-ring (bicyclic) bond motifs is 1.